The summed E-state index contributed by atoms with van der Waals surface area (Å²) >= 11 is 0. The molecule has 0 aromatic carbocycles. The number of ether oxygens (including phenoxy) is 2. The molecule has 2 aliphatic rings. The van der Waals surface area contributed by atoms with Crippen molar-refractivity contribution in [3.63, 3.8) is 0 Å². The Morgan fingerprint density at radius 1 is 1.25 bits per heavy atom. The molecule has 94 valence electrons. The van der Waals surface area contributed by atoms with Crippen LogP contribution in [-0.4, -0.2) is 30.5 Å². The van der Waals surface area contributed by atoms with E-state index in [0.717, 1.165) is 26.1 Å². The summed E-state index contributed by atoms with van der Waals surface area (Å²) in [4.78, 5) is 0. The molecular weight excluding hydrogens is 202 g/mol. The summed E-state index contributed by atoms with van der Waals surface area (Å²) in [6.45, 7) is 10.4. The molecule has 0 spiro atoms. The highest BCUT2D eigenvalue weighted by atomic mass is 16.5. The van der Waals surface area contributed by atoms with Crippen LogP contribution in [0.5, 0.6) is 0 Å². The zero-order valence-corrected chi connectivity index (χ0v) is 11.0. The van der Waals surface area contributed by atoms with Crippen LogP contribution in [-0.2, 0) is 9.47 Å². The molecule has 2 heterocycles. The second kappa shape index (κ2) is 3.97. The van der Waals surface area contributed by atoms with E-state index < -0.39 is 0 Å². The molecule has 2 N–H and O–H groups in total. The lowest BCUT2D eigenvalue weighted by Crippen LogP contribution is -2.45. The summed E-state index contributed by atoms with van der Waals surface area (Å²) < 4.78 is 11.5. The van der Waals surface area contributed by atoms with Crippen molar-refractivity contribution in [3.05, 3.63) is 0 Å². The van der Waals surface area contributed by atoms with Gasteiger partial charge in [0, 0.05) is 18.6 Å². The highest BCUT2D eigenvalue weighted by Crippen LogP contribution is 2.45. The van der Waals surface area contributed by atoms with Gasteiger partial charge in [0.25, 0.3) is 0 Å². The van der Waals surface area contributed by atoms with Crippen LogP contribution >= 0.6 is 0 Å². The van der Waals surface area contributed by atoms with Crippen molar-refractivity contribution in [1.82, 2.24) is 0 Å². The Labute approximate surface area is 98.7 Å². The van der Waals surface area contributed by atoms with Crippen LogP contribution in [0, 0.1) is 11.8 Å². The maximum Gasteiger partial charge on any atom is 0.0677 e. The molecule has 3 atom stereocenters. The molecule has 16 heavy (non-hydrogen) atoms. The van der Waals surface area contributed by atoms with Gasteiger partial charge in [-0.05, 0) is 46.5 Å². The average Bonchev–Trinajstić information content (AvgIpc) is 2.69. The van der Waals surface area contributed by atoms with Gasteiger partial charge >= 0.3 is 0 Å². The normalized spacial score (nSPS) is 38.8. The van der Waals surface area contributed by atoms with E-state index in [0.29, 0.717) is 11.8 Å². The Hall–Kier alpha value is -0.120. The Kier molecular flexibility index (Phi) is 3.06. The SMILES string of the molecule is CC1(C)CC(C(N)C2CCOC2)C(C)(C)O1. The van der Waals surface area contributed by atoms with Gasteiger partial charge in [-0.3, -0.25) is 0 Å². The van der Waals surface area contributed by atoms with E-state index in [4.69, 9.17) is 15.2 Å². The molecule has 0 bridgehead atoms. The molecule has 0 aliphatic carbocycles. The predicted molar refractivity (Wildman–Crippen MR) is 64.3 cm³/mol. The van der Waals surface area contributed by atoms with Gasteiger partial charge < -0.3 is 15.2 Å². The van der Waals surface area contributed by atoms with Crippen molar-refractivity contribution >= 4 is 0 Å². The fraction of sp³-hybridized carbons (Fsp3) is 1.00. The summed E-state index contributed by atoms with van der Waals surface area (Å²) in [6, 6.07) is 0.208. The number of hydrogen-bond donors (Lipinski definition) is 1. The van der Waals surface area contributed by atoms with Gasteiger partial charge in [-0.1, -0.05) is 0 Å². The van der Waals surface area contributed by atoms with Gasteiger partial charge in [0.15, 0.2) is 0 Å². The first-order valence-corrected chi connectivity index (χ1v) is 6.35. The van der Waals surface area contributed by atoms with Crippen LogP contribution in [0.25, 0.3) is 0 Å². The minimum atomic E-state index is -0.106. The van der Waals surface area contributed by atoms with Crippen molar-refractivity contribution < 1.29 is 9.47 Å². The highest BCUT2D eigenvalue weighted by Gasteiger charge is 2.49. The summed E-state index contributed by atoms with van der Waals surface area (Å²) in [5.74, 6) is 0.955. The third-order valence-electron chi connectivity index (χ3n) is 4.12. The topological polar surface area (TPSA) is 44.5 Å². The maximum atomic E-state index is 6.42. The number of hydrogen-bond acceptors (Lipinski definition) is 3. The third kappa shape index (κ3) is 2.27. The first kappa shape index (κ1) is 12.3. The summed E-state index contributed by atoms with van der Waals surface area (Å²) in [6.07, 6.45) is 2.16. The summed E-state index contributed by atoms with van der Waals surface area (Å²) in [5.41, 5.74) is 6.28. The van der Waals surface area contributed by atoms with Crippen LogP contribution in [0.4, 0.5) is 0 Å². The molecule has 2 saturated heterocycles. The van der Waals surface area contributed by atoms with E-state index in [1.165, 1.54) is 0 Å². The molecule has 2 fully saturated rings. The van der Waals surface area contributed by atoms with E-state index in [9.17, 15) is 0 Å². The Morgan fingerprint density at radius 2 is 1.94 bits per heavy atom. The largest absolute Gasteiger partial charge is 0.381 e. The monoisotopic (exact) mass is 227 g/mol. The second-order valence-electron chi connectivity index (χ2n) is 6.48. The lowest BCUT2D eigenvalue weighted by molar-refractivity contribution is -0.0782. The molecule has 0 aromatic heterocycles. The van der Waals surface area contributed by atoms with Gasteiger partial charge in [-0.15, -0.1) is 0 Å². The lowest BCUT2D eigenvalue weighted by atomic mass is 9.77. The quantitative estimate of drug-likeness (QED) is 0.784. The molecule has 3 unspecified atom stereocenters. The van der Waals surface area contributed by atoms with Gasteiger partial charge in [-0.25, -0.2) is 0 Å². The second-order valence-corrected chi connectivity index (χ2v) is 6.48. The van der Waals surface area contributed by atoms with E-state index in [-0.39, 0.29) is 17.2 Å². The molecule has 0 amide bonds. The lowest BCUT2D eigenvalue weighted by Gasteiger charge is -2.33. The molecule has 2 rings (SSSR count). The third-order valence-corrected chi connectivity index (χ3v) is 4.12. The van der Waals surface area contributed by atoms with E-state index in [2.05, 4.69) is 27.7 Å². The number of nitrogens with two attached hydrogens (primary N) is 1. The van der Waals surface area contributed by atoms with Crippen molar-refractivity contribution in [3.8, 4) is 0 Å². The molecule has 2 aliphatic heterocycles. The molecule has 3 nitrogen and oxygen atoms in total. The number of rotatable bonds is 2. The minimum absolute atomic E-state index is 0.0365. The Morgan fingerprint density at radius 3 is 2.38 bits per heavy atom. The highest BCUT2D eigenvalue weighted by molar-refractivity contribution is 5.00. The van der Waals surface area contributed by atoms with Crippen molar-refractivity contribution in [1.29, 1.82) is 0 Å². The molecule has 3 heteroatoms. The van der Waals surface area contributed by atoms with Crippen molar-refractivity contribution in [2.24, 2.45) is 17.6 Å². The first-order chi connectivity index (χ1) is 7.32. The summed E-state index contributed by atoms with van der Waals surface area (Å²) in [5, 5.41) is 0. The smallest absolute Gasteiger partial charge is 0.0677 e. The van der Waals surface area contributed by atoms with Gasteiger partial charge in [-0.2, -0.15) is 0 Å². The summed E-state index contributed by atoms with van der Waals surface area (Å²) in [7, 11) is 0. The molecular formula is C13H25NO2. The van der Waals surface area contributed by atoms with Crippen LogP contribution in [0.3, 0.4) is 0 Å². The van der Waals surface area contributed by atoms with Crippen molar-refractivity contribution in [2.75, 3.05) is 13.2 Å². The van der Waals surface area contributed by atoms with Crippen LogP contribution in [0.15, 0.2) is 0 Å². The van der Waals surface area contributed by atoms with Crippen molar-refractivity contribution in [2.45, 2.75) is 57.8 Å². The van der Waals surface area contributed by atoms with E-state index >= 15 is 0 Å². The maximum absolute atomic E-state index is 6.42. The predicted octanol–water partition coefficient (Wildman–Crippen LogP) is 1.94. The van der Waals surface area contributed by atoms with Crippen LogP contribution in [0.2, 0.25) is 0 Å². The molecule has 0 radical (unpaired) electrons. The fourth-order valence-electron chi connectivity index (χ4n) is 3.39. The zero-order chi connectivity index (χ0) is 12.0. The average molecular weight is 227 g/mol. The van der Waals surface area contributed by atoms with E-state index in [1.54, 1.807) is 0 Å². The van der Waals surface area contributed by atoms with Gasteiger partial charge in [0.2, 0.25) is 0 Å². The Balaban J connectivity index is 2.08. The van der Waals surface area contributed by atoms with Crippen LogP contribution < -0.4 is 5.73 Å². The standard InChI is InChI=1S/C13H25NO2/c1-12(2)7-10(13(3,4)16-12)11(14)9-5-6-15-8-9/h9-11H,5-8,14H2,1-4H3. The van der Waals surface area contributed by atoms with E-state index in [1.807, 2.05) is 0 Å². The zero-order valence-electron chi connectivity index (χ0n) is 11.0. The van der Waals surface area contributed by atoms with Gasteiger partial charge in [0.1, 0.15) is 0 Å². The Bertz CT molecular complexity index is 257. The molecule has 0 aromatic rings. The first-order valence-electron chi connectivity index (χ1n) is 6.35. The minimum Gasteiger partial charge on any atom is -0.381 e. The molecule has 0 saturated carbocycles. The van der Waals surface area contributed by atoms with Gasteiger partial charge in [0.05, 0.1) is 17.8 Å². The fourth-order valence-corrected chi connectivity index (χ4v) is 3.39. The van der Waals surface area contributed by atoms with Crippen LogP contribution in [0.1, 0.15) is 40.5 Å².